The minimum atomic E-state index is -0.182. The van der Waals surface area contributed by atoms with E-state index in [1.54, 1.807) is 28.0 Å². The first kappa shape index (κ1) is 14.3. The molecule has 0 aliphatic carbocycles. The van der Waals surface area contributed by atoms with Crippen LogP contribution in [-0.2, 0) is 18.0 Å². The molecule has 0 saturated carbocycles. The van der Waals surface area contributed by atoms with Crippen LogP contribution in [0.5, 0.6) is 0 Å². The van der Waals surface area contributed by atoms with Crippen molar-refractivity contribution in [2.45, 2.75) is 34.0 Å². The lowest BCUT2D eigenvalue weighted by Crippen LogP contribution is -2.13. The van der Waals surface area contributed by atoms with Crippen LogP contribution in [0.3, 0.4) is 0 Å². The predicted octanol–water partition coefficient (Wildman–Crippen LogP) is 1.65. The summed E-state index contributed by atoms with van der Waals surface area (Å²) in [6.45, 7) is 7.52. The number of carbonyl (C=O) groups excluding carboxylic acids is 1. The van der Waals surface area contributed by atoms with Crippen LogP contribution in [0.2, 0.25) is 0 Å². The van der Waals surface area contributed by atoms with Crippen LogP contribution < -0.4 is 5.32 Å². The molecule has 2 aromatic rings. The normalized spacial score (nSPS) is 10.8. The fraction of sp³-hybridized carbons (Fsp3) is 0.462. The number of hydrogen-bond acceptors (Lipinski definition) is 4. The van der Waals surface area contributed by atoms with Gasteiger partial charge in [-0.2, -0.15) is 10.2 Å². The highest BCUT2D eigenvalue weighted by Crippen LogP contribution is 2.11. The number of anilines is 1. The predicted molar refractivity (Wildman–Crippen MR) is 74.4 cm³/mol. The lowest BCUT2D eigenvalue weighted by Gasteiger charge is -2.03. The number of nitrogens with one attached hydrogen (secondary N) is 1. The summed E-state index contributed by atoms with van der Waals surface area (Å²) in [6, 6.07) is 0. The molecule has 0 radical (unpaired) electrons. The molecule has 0 unspecified atom stereocenters. The molecular weight excluding hydrogens is 258 g/mol. The standard InChI is InChI=1S/C13H19N5O2/c1-4-18-10(3)12(7-15-18)13(19)16-11-6-14-17(8-11)9-20-5-2/h6-8H,4-5,9H2,1-3H3,(H,16,19). The van der Waals surface area contributed by atoms with Gasteiger partial charge in [0.25, 0.3) is 5.91 Å². The van der Waals surface area contributed by atoms with Crippen molar-refractivity contribution in [1.29, 1.82) is 0 Å². The van der Waals surface area contributed by atoms with E-state index in [4.69, 9.17) is 4.74 Å². The molecule has 0 saturated heterocycles. The summed E-state index contributed by atoms with van der Waals surface area (Å²) in [4.78, 5) is 12.2. The van der Waals surface area contributed by atoms with Gasteiger partial charge in [0.1, 0.15) is 6.73 Å². The highest BCUT2D eigenvalue weighted by Gasteiger charge is 2.14. The number of nitrogens with zero attached hydrogens (tertiary/aromatic N) is 4. The van der Waals surface area contributed by atoms with Crippen molar-refractivity contribution in [3.63, 3.8) is 0 Å². The summed E-state index contributed by atoms with van der Waals surface area (Å²) < 4.78 is 8.65. The molecule has 0 aliphatic rings. The zero-order chi connectivity index (χ0) is 14.5. The number of rotatable bonds is 6. The first-order valence-corrected chi connectivity index (χ1v) is 6.59. The second kappa shape index (κ2) is 6.33. The van der Waals surface area contributed by atoms with Gasteiger partial charge in [-0.15, -0.1) is 0 Å². The molecular formula is C13H19N5O2. The zero-order valence-electron chi connectivity index (χ0n) is 12.0. The average molecular weight is 277 g/mol. The van der Waals surface area contributed by atoms with Crippen molar-refractivity contribution < 1.29 is 9.53 Å². The Kier molecular flexibility index (Phi) is 4.52. The number of hydrogen-bond donors (Lipinski definition) is 1. The molecule has 2 rings (SSSR count). The van der Waals surface area contributed by atoms with Gasteiger partial charge in [-0.25, -0.2) is 4.68 Å². The monoisotopic (exact) mass is 277 g/mol. The number of ether oxygens (including phenoxy) is 1. The fourth-order valence-corrected chi connectivity index (χ4v) is 1.87. The van der Waals surface area contributed by atoms with E-state index < -0.39 is 0 Å². The van der Waals surface area contributed by atoms with Crippen molar-refractivity contribution in [2.75, 3.05) is 11.9 Å². The van der Waals surface area contributed by atoms with E-state index in [1.165, 1.54) is 0 Å². The van der Waals surface area contributed by atoms with Crippen LogP contribution in [0.15, 0.2) is 18.6 Å². The largest absolute Gasteiger partial charge is 0.360 e. The molecule has 2 heterocycles. The van der Waals surface area contributed by atoms with E-state index in [2.05, 4.69) is 15.5 Å². The van der Waals surface area contributed by atoms with E-state index in [9.17, 15) is 4.79 Å². The van der Waals surface area contributed by atoms with Gasteiger partial charge in [0.05, 0.1) is 29.8 Å². The number of carbonyl (C=O) groups is 1. The van der Waals surface area contributed by atoms with Gasteiger partial charge in [-0.1, -0.05) is 0 Å². The van der Waals surface area contributed by atoms with Crippen LogP contribution in [0, 0.1) is 6.92 Å². The van der Waals surface area contributed by atoms with E-state index in [1.807, 2.05) is 20.8 Å². The van der Waals surface area contributed by atoms with Gasteiger partial charge in [0, 0.05) is 18.8 Å². The van der Waals surface area contributed by atoms with E-state index in [0.29, 0.717) is 24.6 Å². The average Bonchev–Trinajstić information content (AvgIpc) is 3.02. The summed E-state index contributed by atoms with van der Waals surface area (Å²) in [6.07, 6.45) is 4.91. The molecule has 7 heteroatoms. The molecule has 1 amide bonds. The van der Waals surface area contributed by atoms with Crippen LogP contribution >= 0.6 is 0 Å². The van der Waals surface area contributed by atoms with Crippen molar-refractivity contribution in [3.8, 4) is 0 Å². The number of aryl methyl sites for hydroxylation is 1. The summed E-state index contributed by atoms with van der Waals surface area (Å²) in [7, 11) is 0. The molecule has 0 aliphatic heterocycles. The maximum atomic E-state index is 12.2. The first-order valence-electron chi connectivity index (χ1n) is 6.59. The van der Waals surface area contributed by atoms with Crippen LogP contribution in [-0.4, -0.2) is 32.1 Å². The van der Waals surface area contributed by atoms with Crippen molar-refractivity contribution >= 4 is 11.6 Å². The third kappa shape index (κ3) is 3.05. The lowest BCUT2D eigenvalue weighted by molar-refractivity contribution is 0.0792. The highest BCUT2D eigenvalue weighted by molar-refractivity contribution is 6.04. The summed E-state index contributed by atoms with van der Waals surface area (Å²) >= 11 is 0. The maximum Gasteiger partial charge on any atom is 0.259 e. The van der Waals surface area contributed by atoms with Crippen molar-refractivity contribution in [3.05, 3.63) is 29.8 Å². The van der Waals surface area contributed by atoms with Crippen LogP contribution in [0.25, 0.3) is 0 Å². The molecule has 0 fully saturated rings. The molecule has 0 spiro atoms. The van der Waals surface area contributed by atoms with Crippen LogP contribution in [0.1, 0.15) is 29.9 Å². The molecule has 2 aromatic heterocycles. The Labute approximate surface area is 117 Å². The van der Waals surface area contributed by atoms with Gasteiger partial charge in [0.15, 0.2) is 0 Å². The third-order valence-electron chi connectivity index (χ3n) is 2.97. The quantitative estimate of drug-likeness (QED) is 0.871. The smallest absolute Gasteiger partial charge is 0.259 e. The minimum absolute atomic E-state index is 0.182. The van der Waals surface area contributed by atoms with E-state index in [-0.39, 0.29) is 5.91 Å². The Bertz CT molecular complexity index is 587. The Hall–Kier alpha value is -2.15. The molecule has 108 valence electrons. The molecule has 20 heavy (non-hydrogen) atoms. The SMILES string of the molecule is CCOCn1cc(NC(=O)c2cnn(CC)c2C)cn1. The molecule has 7 nitrogen and oxygen atoms in total. The summed E-state index contributed by atoms with van der Waals surface area (Å²) in [5.41, 5.74) is 2.06. The summed E-state index contributed by atoms with van der Waals surface area (Å²) in [5.74, 6) is -0.182. The van der Waals surface area contributed by atoms with E-state index in [0.717, 1.165) is 12.2 Å². The van der Waals surface area contributed by atoms with Gasteiger partial charge in [-0.3, -0.25) is 9.48 Å². The van der Waals surface area contributed by atoms with Crippen LogP contribution in [0.4, 0.5) is 5.69 Å². The maximum absolute atomic E-state index is 12.2. The van der Waals surface area contributed by atoms with Gasteiger partial charge >= 0.3 is 0 Å². The second-order valence-corrected chi connectivity index (χ2v) is 4.30. The summed E-state index contributed by atoms with van der Waals surface area (Å²) in [5, 5.41) is 11.1. The lowest BCUT2D eigenvalue weighted by atomic mass is 10.2. The Balaban J connectivity index is 2.03. The fourth-order valence-electron chi connectivity index (χ4n) is 1.87. The molecule has 0 bridgehead atoms. The second-order valence-electron chi connectivity index (χ2n) is 4.30. The first-order chi connectivity index (χ1) is 9.65. The number of aromatic nitrogens is 4. The van der Waals surface area contributed by atoms with E-state index >= 15 is 0 Å². The Morgan fingerprint density at radius 2 is 2.15 bits per heavy atom. The van der Waals surface area contributed by atoms with Crippen molar-refractivity contribution in [2.24, 2.45) is 0 Å². The molecule has 1 N–H and O–H groups in total. The zero-order valence-corrected chi connectivity index (χ0v) is 12.0. The van der Waals surface area contributed by atoms with Gasteiger partial charge in [0.2, 0.25) is 0 Å². The highest BCUT2D eigenvalue weighted by atomic mass is 16.5. The third-order valence-corrected chi connectivity index (χ3v) is 2.97. The molecule has 0 atom stereocenters. The van der Waals surface area contributed by atoms with Gasteiger partial charge < -0.3 is 10.1 Å². The Morgan fingerprint density at radius 3 is 2.80 bits per heavy atom. The number of amides is 1. The minimum Gasteiger partial charge on any atom is -0.360 e. The van der Waals surface area contributed by atoms with Gasteiger partial charge in [-0.05, 0) is 20.8 Å². The van der Waals surface area contributed by atoms with Crippen molar-refractivity contribution in [1.82, 2.24) is 19.6 Å². The Morgan fingerprint density at radius 1 is 1.35 bits per heavy atom. The molecule has 0 aromatic carbocycles. The topological polar surface area (TPSA) is 74.0 Å².